The average Bonchev–Trinajstić information content (AvgIpc) is 2.81. The van der Waals surface area contributed by atoms with E-state index < -0.39 is 17.3 Å². The van der Waals surface area contributed by atoms with Gasteiger partial charge < -0.3 is 14.9 Å². The Bertz CT molecular complexity index is 575. The molecule has 2 aliphatic carbocycles. The van der Waals surface area contributed by atoms with Crippen molar-refractivity contribution in [1.82, 2.24) is 0 Å². The summed E-state index contributed by atoms with van der Waals surface area (Å²) < 4.78 is 5.64. The normalized spacial score (nSPS) is 43.8. The quantitative estimate of drug-likeness (QED) is 0.574. The number of aliphatic hydroxyl groups excluding tert-OH is 1. The second kappa shape index (κ2) is 7.47. The van der Waals surface area contributed by atoms with Crippen molar-refractivity contribution in [2.45, 2.75) is 84.5 Å². The molecule has 0 unspecified atom stereocenters. The van der Waals surface area contributed by atoms with Crippen molar-refractivity contribution in [3.63, 3.8) is 0 Å². The third-order valence-electron chi connectivity index (χ3n) is 6.32. The second-order valence-corrected chi connectivity index (χ2v) is 9.48. The molecule has 0 spiro atoms. The Balaban J connectivity index is 2.44. The summed E-state index contributed by atoms with van der Waals surface area (Å²) >= 11 is 0. The lowest BCUT2D eigenvalue weighted by atomic mass is 9.68. The fourth-order valence-electron chi connectivity index (χ4n) is 5.02. The number of aliphatic hydroxyl groups is 2. The van der Waals surface area contributed by atoms with E-state index in [2.05, 4.69) is 26.0 Å². The fraction of sp³-hybridized carbons (Fsp3) is 0.773. The number of carbonyl (C=O) groups is 1. The highest BCUT2D eigenvalue weighted by molar-refractivity contribution is 5.66. The molecule has 4 nitrogen and oxygen atoms in total. The first-order chi connectivity index (χ1) is 11.9. The van der Waals surface area contributed by atoms with Gasteiger partial charge in [-0.1, -0.05) is 38.2 Å². The number of fused-ring (bicyclic) bond motifs is 1. The second-order valence-electron chi connectivity index (χ2n) is 9.48. The standard InChI is InChI=1S/C22H36O4/c1-15-8-7-11-22(6,25)14-18(24)19-17(20(3,4)26-16(2)23)10-13-21(19,5)12-9-15/h7,9,11-12,15,17-19,24-25H,8,10,13-14H2,1-6H3/b11-7+,12-9+/t15-,17+,18-,19+,21-,22+/m0/s1. The molecule has 0 aromatic heterocycles. The molecule has 26 heavy (non-hydrogen) atoms. The fourth-order valence-corrected chi connectivity index (χ4v) is 5.02. The smallest absolute Gasteiger partial charge is 0.303 e. The van der Waals surface area contributed by atoms with Gasteiger partial charge in [-0.3, -0.25) is 4.79 Å². The average molecular weight is 365 g/mol. The van der Waals surface area contributed by atoms with Gasteiger partial charge in [-0.15, -0.1) is 0 Å². The molecule has 2 aliphatic rings. The molecule has 0 radical (unpaired) electrons. The van der Waals surface area contributed by atoms with Crippen LogP contribution in [-0.4, -0.2) is 33.5 Å². The van der Waals surface area contributed by atoms with Gasteiger partial charge in [-0.05, 0) is 51.4 Å². The monoisotopic (exact) mass is 364 g/mol. The van der Waals surface area contributed by atoms with Crippen LogP contribution in [-0.2, 0) is 9.53 Å². The van der Waals surface area contributed by atoms with E-state index in [-0.39, 0.29) is 29.6 Å². The van der Waals surface area contributed by atoms with Crippen LogP contribution < -0.4 is 0 Å². The molecule has 4 heteroatoms. The van der Waals surface area contributed by atoms with Crippen LogP contribution in [0.15, 0.2) is 24.3 Å². The molecule has 0 bridgehead atoms. The van der Waals surface area contributed by atoms with Gasteiger partial charge in [0, 0.05) is 25.2 Å². The predicted molar refractivity (Wildman–Crippen MR) is 103 cm³/mol. The number of allylic oxidation sites excluding steroid dienone is 3. The van der Waals surface area contributed by atoms with Crippen molar-refractivity contribution in [2.24, 2.45) is 23.2 Å². The maximum absolute atomic E-state index is 11.6. The Labute approximate surface area is 158 Å². The topological polar surface area (TPSA) is 66.8 Å². The summed E-state index contributed by atoms with van der Waals surface area (Å²) in [5.41, 5.74) is -1.89. The lowest BCUT2D eigenvalue weighted by Gasteiger charge is -2.42. The van der Waals surface area contributed by atoms with Crippen LogP contribution in [0.5, 0.6) is 0 Å². The highest BCUT2D eigenvalue weighted by atomic mass is 16.6. The molecule has 6 atom stereocenters. The third-order valence-corrected chi connectivity index (χ3v) is 6.32. The summed E-state index contributed by atoms with van der Waals surface area (Å²) in [6.45, 7) is 11.4. The molecule has 1 saturated carbocycles. The molecule has 2 rings (SSSR count). The lowest BCUT2D eigenvalue weighted by molar-refractivity contribution is -0.164. The van der Waals surface area contributed by atoms with Crippen molar-refractivity contribution in [2.75, 3.05) is 0 Å². The van der Waals surface area contributed by atoms with Gasteiger partial charge in [0.1, 0.15) is 5.60 Å². The molecule has 0 heterocycles. The summed E-state index contributed by atoms with van der Waals surface area (Å²) in [5.74, 6) is 0.0225. The van der Waals surface area contributed by atoms with Crippen molar-refractivity contribution in [1.29, 1.82) is 0 Å². The van der Waals surface area contributed by atoms with Gasteiger partial charge in [0.05, 0.1) is 11.7 Å². The van der Waals surface area contributed by atoms with E-state index in [0.717, 1.165) is 19.3 Å². The van der Waals surface area contributed by atoms with Crippen LogP contribution in [0.25, 0.3) is 0 Å². The van der Waals surface area contributed by atoms with E-state index in [1.165, 1.54) is 6.92 Å². The van der Waals surface area contributed by atoms with Crippen LogP contribution in [0.2, 0.25) is 0 Å². The Hall–Kier alpha value is -1.13. The van der Waals surface area contributed by atoms with Crippen LogP contribution in [0.1, 0.15) is 67.2 Å². The zero-order chi connectivity index (χ0) is 19.8. The van der Waals surface area contributed by atoms with E-state index in [9.17, 15) is 15.0 Å². The van der Waals surface area contributed by atoms with Crippen LogP contribution in [0, 0.1) is 23.2 Å². The van der Waals surface area contributed by atoms with Gasteiger partial charge in [-0.2, -0.15) is 0 Å². The molecular weight excluding hydrogens is 328 g/mol. The largest absolute Gasteiger partial charge is 0.460 e. The maximum atomic E-state index is 11.6. The molecule has 0 aliphatic heterocycles. The van der Waals surface area contributed by atoms with Gasteiger partial charge in [0.15, 0.2) is 0 Å². The van der Waals surface area contributed by atoms with Crippen LogP contribution in [0.4, 0.5) is 0 Å². The predicted octanol–water partition coefficient (Wildman–Crippen LogP) is 4.01. The van der Waals surface area contributed by atoms with E-state index in [1.54, 1.807) is 6.92 Å². The summed E-state index contributed by atoms with van der Waals surface area (Å²) in [6, 6.07) is 0. The number of hydrogen-bond donors (Lipinski definition) is 2. The SMILES string of the molecule is CC(=O)OC(C)(C)[C@@H]1CC[C@]2(C)/C=C/[C@@H](C)C/C=C/[C@@](C)(O)C[C@H](O)[C@@H]12. The summed E-state index contributed by atoms with van der Waals surface area (Å²) in [7, 11) is 0. The van der Waals surface area contributed by atoms with Gasteiger partial charge in [0.25, 0.3) is 0 Å². The van der Waals surface area contributed by atoms with Gasteiger partial charge >= 0.3 is 5.97 Å². The van der Waals surface area contributed by atoms with Crippen LogP contribution >= 0.6 is 0 Å². The van der Waals surface area contributed by atoms with E-state index >= 15 is 0 Å². The highest BCUT2D eigenvalue weighted by Crippen LogP contribution is 2.55. The number of rotatable bonds is 2. The Morgan fingerprint density at radius 1 is 1.27 bits per heavy atom. The summed E-state index contributed by atoms with van der Waals surface area (Å²) in [6.07, 6.45) is 10.6. The van der Waals surface area contributed by atoms with E-state index in [4.69, 9.17) is 4.74 Å². The Kier molecular flexibility index (Phi) is 6.09. The van der Waals surface area contributed by atoms with Gasteiger partial charge in [-0.25, -0.2) is 0 Å². The van der Waals surface area contributed by atoms with E-state index in [0.29, 0.717) is 5.92 Å². The Morgan fingerprint density at radius 3 is 2.54 bits per heavy atom. The minimum Gasteiger partial charge on any atom is -0.460 e. The Morgan fingerprint density at radius 2 is 1.92 bits per heavy atom. The van der Waals surface area contributed by atoms with Gasteiger partial charge in [0.2, 0.25) is 0 Å². The summed E-state index contributed by atoms with van der Waals surface area (Å²) in [5, 5.41) is 21.9. The molecule has 148 valence electrons. The molecular formula is C22H36O4. The first-order valence-electron chi connectivity index (χ1n) is 9.83. The maximum Gasteiger partial charge on any atom is 0.303 e. The van der Waals surface area contributed by atoms with E-state index in [1.807, 2.05) is 26.0 Å². The minimum absolute atomic E-state index is 0.0342. The zero-order valence-corrected chi connectivity index (χ0v) is 17.2. The van der Waals surface area contributed by atoms with Crippen molar-refractivity contribution < 1.29 is 19.7 Å². The third kappa shape index (κ3) is 4.77. The lowest BCUT2D eigenvalue weighted by Crippen LogP contribution is -2.47. The number of hydrogen-bond acceptors (Lipinski definition) is 4. The molecule has 0 aromatic carbocycles. The molecule has 0 amide bonds. The van der Waals surface area contributed by atoms with Crippen molar-refractivity contribution >= 4 is 5.97 Å². The van der Waals surface area contributed by atoms with Crippen LogP contribution in [0.3, 0.4) is 0 Å². The molecule has 1 fully saturated rings. The minimum atomic E-state index is -1.05. The number of carbonyl (C=O) groups excluding carboxylic acids is 1. The first kappa shape index (κ1) is 21.2. The van der Waals surface area contributed by atoms with Crippen molar-refractivity contribution in [3.8, 4) is 0 Å². The molecule has 0 aromatic rings. The summed E-state index contributed by atoms with van der Waals surface area (Å²) in [4.78, 5) is 11.6. The number of esters is 1. The molecule has 2 N–H and O–H groups in total. The molecule has 0 saturated heterocycles. The van der Waals surface area contributed by atoms with Crippen molar-refractivity contribution in [3.05, 3.63) is 24.3 Å². The first-order valence-corrected chi connectivity index (χ1v) is 9.83. The number of ether oxygens (including phenoxy) is 1. The zero-order valence-electron chi connectivity index (χ0n) is 17.2. The highest BCUT2D eigenvalue weighted by Gasteiger charge is 2.54.